The van der Waals surface area contributed by atoms with E-state index < -0.39 is 0 Å². The van der Waals surface area contributed by atoms with E-state index >= 15 is 0 Å². The highest BCUT2D eigenvalue weighted by molar-refractivity contribution is 6.05. The summed E-state index contributed by atoms with van der Waals surface area (Å²) in [5.74, 6) is 0.565. The predicted molar refractivity (Wildman–Crippen MR) is 113 cm³/mol. The van der Waals surface area contributed by atoms with E-state index in [9.17, 15) is 9.59 Å². The number of fused-ring (bicyclic) bond motifs is 2. The van der Waals surface area contributed by atoms with Crippen LogP contribution in [0.1, 0.15) is 49.0 Å². The molecule has 2 atom stereocenters. The highest BCUT2D eigenvalue weighted by Crippen LogP contribution is 2.36. The summed E-state index contributed by atoms with van der Waals surface area (Å²) in [5, 5.41) is 5.78. The lowest BCUT2D eigenvalue weighted by Gasteiger charge is -2.44. The average molecular weight is 387 g/mol. The first-order valence-electron chi connectivity index (χ1n) is 10.6. The molecule has 2 aliphatic rings. The van der Waals surface area contributed by atoms with Crippen LogP contribution in [-0.4, -0.2) is 33.2 Å². The molecule has 5 nitrogen and oxygen atoms in total. The van der Waals surface area contributed by atoms with Crippen LogP contribution in [0, 0.1) is 5.92 Å². The Bertz CT molecular complexity index is 1100. The lowest BCUT2D eigenvalue weighted by molar-refractivity contribution is 0.0385. The number of hydrogen-bond donors (Lipinski definition) is 0. The topological polar surface area (TPSA) is 55.2 Å². The number of nitrogens with zero attached hydrogens (tertiary/aromatic N) is 3. The summed E-state index contributed by atoms with van der Waals surface area (Å²) < 4.78 is 1.37. The summed E-state index contributed by atoms with van der Waals surface area (Å²) in [6.07, 6.45) is 7.00. The number of benzene rings is 2. The SMILES string of the molecule is O=C(c1nn(-c2ccccc2)c(=O)c2ccccc12)N1CCC[C@@H]2CCCC[C@@H]21. The Morgan fingerprint density at radius 3 is 2.38 bits per heavy atom. The lowest BCUT2D eigenvalue weighted by atomic mass is 9.78. The molecule has 1 aromatic heterocycles. The van der Waals surface area contributed by atoms with Gasteiger partial charge >= 0.3 is 0 Å². The van der Waals surface area contributed by atoms with Crippen molar-refractivity contribution in [2.24, 2.45) is 5.92 Å². The van der Waals surface area contributed by atoms with Crippen molar-refractivity contribution in [3.05, 3.63) is 70.6 Å². The van der Waals surface area contributed by atoms with Gasteiger partial charge in [0.25, 0.3) is 11.5 Å². The molecule has 5 rings (SSSR count). The number of aromatic nitrogens is 2. The molecule has 5 heteroatoms. The molecule has 2 fully saturated rings. The van der Waals surface area contributed by atoms with Crippen molar-refractivity contribution >= 4 is 16.7 Å². The third-order valence-electron chi connectivity index (χ3n) is 6.51. The van der Waals surface area contributed by atoms with E-state index in [1.54, 1.807) is 6.07 Å². The van der Waals surface area contributed by atoms with Crippen molar-refractivity contribution in [3.8, 4) is 5.69 Å². The first-order valence-corrected chi connectivity index (χ1v) is 10.6. The van der Waals surface area contributed by atoms with Gasteiger partial charge < -0.3 is 4.90 Å². The van der Waals surface area contributed by atoms with Gasteiger partial charge in [0.15, 0.2) is 5.69 Å². The van der Waals surface area contributed by atoms with Crippen molar-refractivity contribution in [2.75, 3.05) is 6.54 Å². The van der Waals surface area contributed by atoms with Gasteiger partial charge in [-0.2, -0.15) is 9.78 Å². The molecule has 1 saturated heterocycles. The van der Waals surface area contributed by atoms with E-state index in [1.165, 1.54) is 30.4 Å². The van der Waals surface area contributed by atoms with Gasteiger partial charge in [0.05, 0.1) is 11.1 Å². The van der Waals surface area contributed by atoms with Gasteiger partial charge in [-0.25, -0.2) is 0 Å². The summed E-state index contributed by atoms with van der Waals surface area (Å²) >= 11 is 0. The fourth-order valence-corrected chi connectivity index (χ4v) is 5.10. The molecule has 1 aliphatic carbocycles. The number of amides is 1. The molecule has 0 bridgehead atoms. The third-order valence-corrected chi connectivity index (χ3v) is 6.51. The van der Waals surface area contributed by atoms with Gasteiger partial charge in [-0.15, -0.1) is 0 Å². The van der Waals surface area contributed by atoms with Crippen LogP contribution in [0.4, 0.5) is 0 Å². The number of likely N-dealkylation sites (tertiary alicyclic amines) is 1. The van der Waals surface area contributed by atoms with Gasteiger partial charge in [-0.1, -0.05) is 49.2 Å². The van der Waals surface area contributed by atoms with E-state index in [2.05, 4.69) is 5.10 Å². The number of hydrogen-bond acceptors (Lipinski definition) is 3. The monoisotopic (exact) mass is 387 g/mol. The Balaban J connectivity index is 1.65. The summed E-state index contributed by atoms with van der Waals surface area (Å²) in [4.78, 5) is 28.8. The first kappa shape index (κ1) is 18.1. The van der Waals surface area contributed by atoms with E-state index in [-0.39, 0.29) is 11.5 Å². The Morgan fingerprint density at radius 1 is 0.862 bits per heavy atom. The number of rotatable bonds is 2. The smallest absolute Gasteiger partial charge is 0.279 e. The van der Waals surface area contributed by atoms with Gasteiger partial charge in [0.2, 0.25) is 0 Å². The fraction of sp³-hybridized carbons (Fsp3) is 0.375. The van der Waals surface area contributed by atoms with Crippen LogP contribution < -0.4 is 5.56 Å². The summed E-state index contributed by atoms with van der Waals surface area (Å²) in [6, 6.07) is 17.0. The Hall–Kier alpha value is -2.95. The maximum absolute atomic E-state index is 13.7. The molecule has 1 aliphatic heterocycles. The minimum atomic E-state index is -0.197. The Kier molecular flexibility index (Phi) is 4.66. The molecule has 1 amide bonds. The highest BCUT2D eigenvalue weighted by atomic mass is 16.2. The van der Waals surface area contributed by atoms with Crippen LogP contribution in [0.2, 0.25) is 0 Å². The van der Waals surface area contributed by atoms with Crippen molar-refractivity contribution in [3.63, 3.8) is 0 Å². The minimum absolute atomic E-state index is 0.0394. The van der Waals surface area contributed by atoms with Crippen LogP contribution >= 0.6 is 0 Å². The second kappa shape index (κ2) is 7.47. The number of carbonyl (C=O) groups excluding carboxylic acids is 1. The van der Waals surface area contributed by atoms with Gasteiger partial charge in [-0.3, -0.25) is 9.59 Å². The summed E-state index contributed by atoms with van der Waals surface area (Å²) in [6.45, 7) is 0.778. The third kappa shape index (κ3) is 3.15. The second-order valence-corrected chi connectivity index (χ2v) is 8.20. The molecule has 2 aromatic carbocycles. The van der Waals surface area contributed by atoms with E-state index in [0.29, 0.717) is 34.1 Å². The van der Waals surface area contributed by atoms with Gasteiger partial charge in [-0.05, 0) is 49.8 Å². The molecule has 2 heterocycles. The molecule has 0 N–H and O–H groups in total. The average Bonchev–Trinajstić information content (AvgIpc) is 2.79. The first-order chi connectivity index (χ1) is 14.2. The van der Waals surface area contributed by atoms with Crippen LogP contribution in [0.25, 0.3) is 16.5 Å². The zero-order valence-electron chi connectivity index (χ0n) is 16.5. The summed E-state index contributed by atoms with van der Waals surface area (Å²) in [5.41, 5.74) is 0.860. The van der Waals surface area contributed by atoms with E-state index in [4.69, 9.17) is 0 Å². The molecule has 0 radical (unpaired) electrons. The zero-order chi connectivity index (χ0) is 19.8. The van der Waals surface area contributed by atoms with Crippen molar-refractivity contribution in [1.82, 2.24) is 14.7 Å². The number of para-hydroxylation sites is 1. The molecule has 3 aromatic rings. The fourth-order valence-electron chi connectivity index (χ4n) is 5.10. The van der Waals surface area contributed by atoms with Crippen molar-refractivity contribution in [2.45, 2.75) is 44.6 Å². The van der Waals surface area contributed by atoms with Gasteiger partial charge in [0, 0.05) is 18.0 Å². The van der Waals surface area contributed by atoms with Crippen molar-refractivity contribution in [1.29, 1.82) is 0 Å². The quantitative estimate of drug-likeness (QED) is 0.663. The molecule has 0 unspecified atom stereocenters. The molecule has 1 saturated carbocycles. The normalized spacial score (nSPS) is 21.7. The highest BCUT2D eigenvalue weighted by Gasteiger charge is 2.37. The number of piperidine rings is 1. The standard InChI is InChI=1S/C24H25N3O2/c28-23-20-14-6-5-13-19(20)22(25-27(23)18-11-2-1-3-12-18)24(29)26-16-8-10-17-9-4-7-15-21(17)26/h1-3,5-6,11-14,17,21H,4,7-10,15-16H2/t17-,21-/m0/s1. The molecular weight excluding hydrogens is 362 g/mol. The molecule has 0 spiro atoms. The lowest BCUT2D eigenvalue weighted by Crippen LogP contribution is -2.50. The largest absolute Gasteiger partial charge is 0.334 e. The number of carbonyl (C=O) groups is 1. The minimum Gasteiger partial charge on any atom is -0.334 e. The zero-order valence-corrected chi connectivity index (χ0v) is 16.5. The molecular formula is C24H25N3O2. The van der Waals surface area contributed by atoms with Crippen LogP contribution in [-0.2, 0) is 0 Å². The van der Waals surface area contributed by atoms with Crippen LogP contribution in [0.15, 0.2) is 59.4 Å². The van der Waals surface area contributed by atoms with Crippen molar-refractivity contribution < 1.29 is 4.79 Å². The Labute approximate surface area is 170 Å². The molecule has 29 heavy (non-hydrogen) atoms. The maximum Gasteiger partial charge on any atom is 0.279 e. The molecule has 148 valence electrons. The predicted octanol–water partition coefficient (Wildman–Crippen LogP) is 4.18. The second-order valence-electron chi connectivity index (χ2n) is 8.20. The van der Waals surface area contributed by atoms with E-state index in [0.717, 1.165) is 19.4 Å². The van der Waals surface area contributed by atoms with Crippen LogP contribution in [0.3, 0.4) is 0 Å². The summed E-state index contributed by atoms with van der Waals surface area (Å²) in [7, 11) is 0. The van der Waals surface area contributed by atoms with Gasteiger partial charge in [0.1, 0.15) is 0 Å². The maximum atomic E-state index is 13.7. The van der Waals surface area contributed by atoms with E-state index in [1.807, 2.05) is 53.4 Å². The van der Waals surface area contributed by atoms with Crippen LogP contribution in [0.5, 0.6) is 0 Å². The Morgan fingerprint density at radius 2 is 1.55 bits per heavy atom.